The van der Waals surface area contributed by atoms with Gasteiger partial charge in [-0.05, 0) is 12.8 Å². The van der Waals surface area contributed by atoms with Gasteiger partial charge in [-0.1, -0.05) is 13.8 Å². The maximum absolute atomic E-state index is 10.7. The van der Waals surface area contributed by atoms with Gasteiger partial charge in [0.15, 0.2) is 0 Å². The highest BCUT2D eigenvalue weighted by molar-refractivity contribution is 7.32. The Balaban J connectivity index is 3.05. The highest BCUT2D eigenvalue weighted by Gasteiger charge is 1.98. The molecule has 10 heavy (non-hydrogen) atoms. The highest BCUT2D eigenvalue weighted by Crippen LogP contribution is 2.14. The molecule has 1 unspecified atom stereocenters. The van der Waals surface area contributed by atoms with Gasteiger partial charge in [0, 0.05) is 12.6 Å². The zero-order valence-corrected chi connectivity index (χ0v) is 7.64. The molecule has 0 radical (unpaired) electrons. The Morgan fingerprint density at radius 2 is 2.10 bits per heavy atom. The smallest absolute Gasteiger partial charge is 0.308 e. The molecule has 0 fully saturated rings. The minimum atomic E-state index is -0.0470. The fourth-order valence-corrected chi connectivity index (χ4v) is 1.06. The fraction of sp³-hybridized carbons (Fsp3) is 0.857. The summed E-state index contributed by atoms with van der Waals surface area (Å²) < 4.78 is 4.91. The van der Waals surface area contributed by atoms with Crippen LogP contribution < -0.4 is 0 Å². The van der Waals surface area contributed by atoms with Crippen LogP contribution in [-0.2, 0) is 9.32 Å². The normalized spacial score (nSPS) is 10.6. The van der Waals surface area contributed by atoms with Crippen LogP contribution in [0, 0.1) is 0 Å². The van der Waals surface area contributed by atoms with Crippen molar-refractivity contribution in [3.63, 3.8) is 0 Å². The van der Waals surface area contributed by atoms with Crippen molar-refractivity contribution in [2.45, 2.75) is 33.1 Å². The average molecular weight is 162 g/mol. The summed E-state index contributed by atoms with van der Waals surface area (Å²) in [5, 5.41) is 0. The summed E-state index contributed by atoms with van der Waals surface area (Å²) in [4.78, 5) is 10.7. The molecule has 0 heterocycles. The van der Waals surface area contributed by atoms with Crippen molar-refractivity contribution in [2.24, 2.45) is 0 Å². The van der Waals surface area contributed by atoms with Gasteiger partial charge >= 0.3 is 5.97 Å². The first-order valence-corrected chi connectivity index (χ1v) is 4.85. The van der Waals surface area contributed by atoms with E-state index in [0.717, 1.165) is 19.0 Å². The lowest BCUT2D eigenvalue weighted by Crippen LogP contribution is -1.96. The summed E-state index contributed by atoms with van der Waals surface area (Å²) in [6, 6.07) is 0. The van der Waals surface area contributed by atoms with Gasteiger partial charge in [-0.3, -0.25) is 4.79 Å². The molecule has 3 heteroatoms. The predicted molar refractivity (Wildman–Crippen MR) is 44.5 cm³/mol. The Labute approximate surface area is 64.2 Å². The predicted octanol–water partition coefficient (Wildman–Crippen LogP) is 2.33. The number of hydrogen-bond acceptors (Lipinski definition) is 2. The van der Waals surface area contributed by atoms with Crippen LogP contribution in [0.15, 0.2) is 0 Å². The van der Waals surface area contributed by atoms with E-state index in [-0.39, 0.29) is 5.97 Å². The standard InChI is InChI=1S/C7H15O2P/c1-3-5-7(8)9-10-6-4-2/h10H,3-6H2,1-2H3. The molecule has 60 valence electrons. The molecule has 0 aliphatic carbocycles. The molecule has 0 amide bonds. The zero-order valence-electron chi connectivity index (χ0n) is 6.64. The van der Waals surface area contributed by atoms with E-state index in [1.807, 2.05) is 6.92 Å². The van der Waals surface area contributed by atoms with Gasteiger partial charge in [0.1, 0.15) is 0 Å². The summed E-state index contributed by atoms with van der Waals surface area (Å²) in [6.07, 6.45) is 3.56. The summed E-state index contributed by atoms with van der Waals surface area (Å²) in [5.74, 6) is -0.0470. The van der Waals surface area contributed by atoms with Crippen LogP contribution in [0.5, 0.6) is 0 Å². The van der Waals surface area contributed by atoms with Crippen LogP contribution in [0.3, 0.4) is 0 Å². The lowest BCUT2D eigenvalue weighted by Gasteiger charge is -2.00. The van der Waals surface area contributed by atoms with E-state index in [2.05, 4.69) is 6.92 Å². The lowest BCUT2D eigenvalue weighted by molar-refractivity contribution is -0.133. The van der Waals surface area contributed by atoms with Crippen molar-refractivity contribution >= 4 is 14.8 Å². The first-order valence-electron chi connectivity index (χ1n) is 3.73. The third kappa shape index (κ3) is 6.03. The van der Waals surface area contributed by atoms with Gasteiger partial charge in [-0.25, -0.2) is 0 Å². The molecule has 0 bridgehead atoms. The number of carbonyl (C=O) groups excluding carboxylic acids is 1. The largest absolute Gasteiger partial charge is 0.448 e. The lowest BCUT2D eigenvalue weighted by atomic mass is 10.4. The minimum Gasteiger partial charge on any atom is -0.448 e. The topological polar surface area (TPSA) is 26.3 Å². The molecule has 0 aliphatic rings. The van der Waals surface area contributed by atoms with E-state index in [1.165, 1.54) is 0 Å². The average Bonchev–Trinajstić information content (AvgIpc) is 1.89. The van der Waals surface area contributed by atoms with Crippen LogP contribution in [0.25, 0.3) is 0 Å². The molecule has 0 aliphatic heterocycles. The molecule has 1 atom stereocenters. The van der Waals surface area contributed by atoms with Gasteiger partial charge in [0.25, 0.3) is 0 Å². The zero-order chi connectivity index (χ0) is 7.82. The summed E-state index contributed by atoms with van der Waals surface area (Å²) in [6.45, 7) is 4.06. The molecule has 0 saturated heterocycles. The van der Waals surface area contributed by atoms with Crippen LogP contribution in [0.1, 0.15) is 33.1 Å². The van der Waals surface area contributed by atoms with Crippen molar-refractivity contribution in [1.29, 1.82) is 0 Å². The summed E-state index contributed by atoms with van der Waals surface area (Å²) >= 11 is 0. The maximum Gasteiger partial charge on any atom is 0.308 e. The molecular weight excluding hydrogens is 147 g/mol. The quantitative estimate of drug-likeness (QED) is 0.458. The Bertz CT molecular complexity index is 93.6. The van der Waals surface area contributed by atoms with Gasteiger partial charge in [-0.2, -0.15) is 0 Å². The Morgan fingerprint density at radius 1 is 1.40 bits per heavy atom. The van der Waals surface area contributed by atoms with Crippen molar-refractivity contribution in [3.05, 3.63) is 0 Å². The van der Waals surface area contributed by atoms with E-state index >= 15 is 0 Å². The molecule has 0 spiro atoms. The first kappa shape index (κ1) is 9.90. The molecule has 0 rings (SSSR count). The molecule has 0 aromatic carbocycles. The molecular formula is C7H15O2P. The first-order chi connectivity index (χ1) is 4.81. The van der Waals surface area contributed by atoms with Crippen LogP contribution in [-0.4, -0.2) is 12.1 Å². The highest BCUT2D eigenvalue weighted by atomic mass is 31.1. The second-order valence-electron chi connectivity index (χ2n) is 2.12. The Kier molecular flexibility index (Phi) is 6.94. The SMILES string of the molecule is CCCPOC(=O)CCC. The molecule has 0 aromatic rings. The van der Waals surface area contributed by atoms with Crippen LogP contribution in [0.2, 0.25) is 0 Å². The van der Waals surface area contributed by atoms with E-state index in [1.54, 1.807) is 0 Å². The minimum absolute atomic E-state index is 0.0470. The van der Waals surface area contributed by atoms with E-state index < -0.39 is 0 Å². The van der Waals surface area contributed by atoms with Crippen molar-refractivity contribution in [3.8, 4) is 0 Å². The molecule has 2 nitrogen and oxygen atoms in total. The number of rotatable bonds is 5. The van der Waals surface area contributed by atoms with Crippen molar-refractivity contribution in [2.75, 3.05) is 6.16 Å². The number of hydrogen-bond donors (Lipinski definition) is 0. The second kappa shape index (κ2) is 7.01. The van der Waals surface area contributed by atoms with Gasteiger partial charge in [0.05, 0.1) is 8.81 Å². The summed E-state index contributed by atoms with van der Waals surface area (Å²) in [5.41, 5.74) is 0. The maximum atomic E-state index is 10.7. The Hall–Kier alpha value is -0.100. The number of carbonyl (C=O) groups is 1. The van der Waals surface area contributed by atoms with E-state index in [9.17, 15) is 4.79 Å². The Morgan fingerprint density at radius 3 is 2.60 bits per heavy atom. The van der Waals surface area contributed by atoms with Gasteiger partial charge < -0.3 is 4.52 Å². The van der Waals surface area contributed by atoms with E-state index in [0.29, 0.717) is 15.2 Å². The van der Waals surface area contributed by atoms with E-state index in [4.69, 9.17) is 4.52 Å². The monoisotopic (exact) mass is 162 g/mol. The van der Waals surface area contributed by atoms with Gasteiger partial charge in [-0.15, -0.1) is 0 Å². The third-order valence-electron chi connectivity index (χ3n) is 0.992. The van der Waals surface area contributed by atoms with Crippen molar-refractivity contribution < 1.29 is 9.32 Å². The van der Waals surface area contributed by atoms with Crippen molar-refractivity contribution in [1.82, 2.24) is 0 Å². The molecule has 0 N–H and O–H groups in total. The summed E-state index contributed by atoms with van der Waals surface area (Å²) in [7, 11) is 0.373. The fourth-order valence-electron chi connectivity index (χ4n) is 0.489. The van der Waals surface area contributed by atoms with Crippen LogP contribution in [0.4, 0.5) is 0 Å². The second-order valence-corrected chi connectivity index (χ2v) is 3.11. The van der Waals surface area contributed by atoms with Gasteiger partial charge in [0.2, 0.25) is 0 Å². The molecule has 0 aromatic heterocycles. The van der Waals surface area contributed by atoms with Crippen LogP contribution >= 0.6 is 8.81 Å². The third-order valence-corrected chi connectivity index (χ3v) is 2.07. The molecule has 0 saturated carbocycles.